The van der Waals surface area contributed by atoms with Crippen LogP contribution in [-0.2, 0) is 4.79 Å². The van der Waals surface area contributed by atoms with Gasteiger partial charge in [0.15, 0.2) is 0 Å². The Labute approximate surface area is 148 Å². The van der Waals surface area contributed by atoms with E-state index >= 15 is 0 Å². The summed E-state index contributed by atoms with van der Waals surface area (Å²) in [7, 11) is 3.25. The number of benzene rings is 2. The first-order chi connectivity index (χ1) is 12.0. The molecule has 0 atom stereocenters. The number of carbonyl (C=O) groups excluding carboxylic acids is 1. The molecule has 25 heavy (non-hydrogen) atoms. The molecule has 2 aromatic rings. The van der Waals surface area contributed by atoms with Crippen molar-refractivity contribution >= 4 is 23.2 Å². The molecule has 0 radical (unpaired) electrons. The number of methoxy groups -OCH3 is 2. The zero-order chi connectivity index (χ0) is 18.0. The average Bonchev–Trinajstić information content (AvgIpc) is 2.87. The van der Waals surface area contributed by atoms with Crippen LogP contribution >= 0.6 is 0 Å². The van der Waals surface area contributed by atoms with Gasteiger partial charge in [-0.3, -0.25) is 4.79 Å². The van der Waals surface area contributed by atoms with Gasteiger partial charge in [0.25, 0.3) is 5.91 Å². The van der Waals surface area contributed by atoms with Crippen molar-refractivity contribution in [2.75, 3.05) is 25.7 Å². The Morgan fingerprint density at radius 1 is 1.08 bits per heavy atom. The Kier molecular flexibility index (Phi) is 4.79. The maximum absolute atomic E-state index is 13.0. The van der Waals surface area contributed by atoms with Crippen LogP contribution in [0, 0.1) is 5.92 Å². The Balaban J connectivity index is 2.11. The lowest BCUT2D eigenvalue weighted by molar-refractivity contribution is -0.113. The number of rotatable bonds is 5. The zero-order valence-electron chi connectivity index (χ0n) is 15.1. The first kappa shape index (κ1) is 17.1. The maximum Gasteiger partial charge on any atom is 0.259 e. The van der Waals surface area contributed by atoms with Gasteiger partial charge in [-0.1, -0.05) is 32.0 Å². The number of nitrogens with zero attached hydrogens (tertiary/aromatic N) is 1. The van der Waals surface area contributed by atoms with Crippen LogP contribution in [0.5, 0.6) is 11.5 Å². The summed E-state index contributed by atoms with van der Waals surface area (Å²) in [6.45, 7) is 4.92. The van der Waals surface area contributed by atoms with E-state index in [2.05, 4.69) is 13.8 Å². The highest BCUT2D eigenvalue weighted by atomic mass is 16.5. The van der Waals surface area contributed by atoms with Gasteiger partial charge in [-0.2, -0.15) is 0 Å². The number of anilines is 1. The van der Waals surface area contributed by atoms with E-state index in [1.165, 1.54) is 0 Å². The molecular weight excluding hydrogens is 314 g/mol. The van der Waals surface area contributed by atoms with E-state index in [1.54, 1.807) is 14.2 Å². The minimum absolute atomic E-state index is 0.0276. The van der Waals surface area contributed by atoms with Crippen molar-refractivity contribution in [3.63, 3.8) is 0 Å². The first-order valence-electron chi connectivity index (χ1n) is 8.40. The number of ether oxygens (including phenoxy) is 2. The largest absolute Gasteiger partial charge is 0.497 e. The molecular formula is C21H23NO3. The van der Waals surface area contributed by atoms with Gasteiger partial charge >= 0.3 is 0 Å². The van der Waals surface area contributed by atoms with Crippen LogP contribution in [0.4, 0.5) is 5.69 Å². The minimum atomic E-state index is 0.0276. The number of fused-ring (bicyclic) bond motifs is 1. The van der Waals surface area contributed by atoms with E-state index in [-0.39, 0.29) is 5.91 Å². The standard InChI is InChI=1S/C21H23NO3/c1-14(2)13-22-19-8-6-5-7-17(19)18(21(22)23)12-15-11-16(24-3)9-10-20(15)25-4/h5-12,14H,13H2,1-4H3/b18-12-. The second kappa shape index (κ2) is 7.01. The molecule has 0 bridgehead atoms. The molecule has 130 valence electrons. The zero-order valence-corrected chi connectivity index (χ0v) is 15.1. The van der Waals surface area contributed by atoms with Crippen molar-refractivity contribution in [1.29, 1.82) is 0 Å². The van der Waals surface area contributed by atoms with E-state index in [1.807, 2.05) is 53.4 Å². The van der Waals surface area contributed by atoms with E-state index in [0.29, 0.717) is 23.8 Å². The third-order valence-corrected chi connectivity index (χ3v) is 4.25. The van der Waals surface area contributed by atoms with Crippen LogP contribution in [-0.4, -0.2) is 26.7 Å². The SMILES string of the molecule is COc1ccc(OC)c(/C=C2\C(=O)N(CC(C)C)c3ccccc32)c1. The molecule has 1 heterocycles. The van der Waals surface area contributed by atoms with Crippen LogP contribution in [0.1, 0.15) is 25.0 Å². The summed E-state index contributed by atoms with van der Waals surface area (Å²) < 4.78 is 10.8. The van der Waals surface area contributed by atoms with E-state index in [0.717, 1.165) is 22.6 Å². The Morgan fingerprint density at radius 2 is 1.84 bits per heavy atom. The van der Waals surface area contributed by atoms with E-state index < -0.39 is 0 Å². The van der Waals surface area contributed by atoms with Crippen LogP contribution in [0.25, 0.3) is 11.6 Å². The van der Waals surface area contributed by atoms with Crippen molar-refractivity contribution in [2.45, 2.75) is 13.8 Å². The Bertz CT molecular complexity index is 824. The summed E-state index contributed by atoms with van der Waals surface area (Å²) in [6.07, 6.45) is 1.89. The third-order valence-electron chi connectivity index (χ3n) is 4.25. The fourth-order valence-corrected chi connectivity index (χ4v) is 3.10. The smallest absolute Gasteiger partial charge is 0.259 e. The number of amides is 1. The molecule has 2 aromatic carbocycles. The number of hydrogen-bond acceptors (Lipinski definition) is 3. The lowest BCUT2D eigenvalue weighted by atomic mass is 10.0. The van der Waals surface area contributed by atoms with Gasteiger partial charge in [0.1, 0.15) is 11.5 Å². The summed E-state index contributed by atoms with van der Waals surface area (Å²) in [5.41, 5.74) is 3.43. The fraction of sp³-hybridized carbons (Fsp3) is 0.286. The quantitative estimate of drug-likeness (QED) is 0.766. The van der Waals surface area contributed by atoms with Crippen LogP contribution in [0.2, 0.25) is 0 Å². The summed E-state index contributed by atoms with van der Waals surface area (Å²) in [4.78, 5) is 14.9. The molecule has 4 nitrogen and oxygen atoms in total. The highest BCUT2D eigenvalue weighted by molar-refractivity contribution is 6.35. The summed E-state index contributed by atoms with van der Waals surface area (Å²) in [5, 5.41) is 0. The van der Waals surface area contributed by atoms with Crippen LogP contribution < -0.4 is 14.4 Å². The summed E-state index contributed by atoms with van der Waals surface area (Å²) in [5.74, 6) is 1.86. The van der Waals surface area contributed by atoms with Gasteiger partial charge in [-0.15, -0.1) is 0 Å². The summed E-state index contributed by atoms with van der Waals surface area (Å²) >= 11 is 0. The second-order valence-electron chi connectivity index (χ2n) is 6.49. The predicted molar refractivity (Wildman–Crippen MR) is 101 cm³/mol. The minimum Gasteiger partial charge on any atom is -0.497 e. The normalized spacial score (nSPS) is 15.0. The number of carbonyl (C=O) groups is 1. The molecule has 1 aliphatic rings. The van der Waals surface area contributed by atoms with Gasteiger partial charge in [0.05, 0.1) is 19.9 Å². The summed E-state index contributed by atoms with van der Waals surface area (Å²) in [6, 6.07) is 13.5. The van der Waals surface area contributed by atoms with E-state index in [9.17, 15) is 4.79 Å². The molecule has 0 saturated heterocycles. The van der Waals surface area contributed by atoms with Crippen LogP contribution in [0.15, 0.2) is 42.5 Å². The maximum atomic E-state index is 13.0. The second-order valence-corrected chi connectivity index (χ2v) is 6.49. The molecule has 0 spiro atoms. The Morgan fingerprint density at radius 3 is 2.52 bits per heavy atom. The van der Waals surface area contributed by atoms with Crippen molar-refractivity contribution in [2.24, 2.45) is 5.92 Å². The van der Waals surface area contributed by atoms with Gasteiger partial charge < -0.3 is 14.4 Å². The average molecular weight is 337 g/mol. The van der Waals surface area contributed by atoms with E-state index in [4.69, 9.17) is 9.47 Å². The number of hydrogen-bond donors (Lipinski definition) is 0. The third kappa shape index (κ3) is 3.25. The van der Waals surface area contributed by atoms with Gasteiger partial charge in [-0.25, -0.2) is 0 Å². The molecule has 0 unspecified atom stereocenters. The molecule has 0 aliphatic carbocycles. The molecule has 4 heteroatoms. The van der Waals surface area contributed by atoms with Crippen molar-refractivity contribution in [3.05, 3.63) is 53.6 Å². The van der Waals surface area contributed by atoms with Crippen LogP contribution in [0.3, 0.4) is 0 Å². The first-order valence-corrected chi connectivity index (χ1v) is 8.40. The number of para-hydroxylation sites is 1. The Hall–Kier alpha value is -2.75. The molecule has 0 aromatic heterocycles. The predicted octanol–water partition coefficient (Wildman–Crippen LogP) is 4.25. The van der Waals surface area contributed by atoms with Gasteiger partial charge in [0.2, 0.25) is 0 Å². The molecule has 0 N–H and O–H groups in total. The van der Waals surface area contributed by atoms with Crippen molar-refractivity contribution < 1.29 is 14.3 Å². The lowest BCUT2D eigenvalue weighted by Crippen LogP contribution is -2.30. The molecule has 0 saturated carbocycles. The monoisotopic (exact) mass is 337 g/mol. The van der Waals surface area contributed by atoms with Gasteiger partial charge in [-0.05, 0) is 36.3 Å². The van der Waals surface area contributed by atoms with Crippen molar-refractivity contribution in [3.8, 4) is 11.5 Å². The lowest BCUT2D eigenvalue weighted by Gasteiger charge is -2.19. The molecule has 3 rings (SSSR count). The topological polar surface area (TPSA) is 38.8 Å². The highest BCUT2D eigenvalue weighted by Crippen LogP contribution is 2.39. The highest BCUT2D eigenvalue weighted by Gasteiger charge is 2.32. The molecule has 1 amide bonds. The molecule has 1 aliphatic heterocycles. The molecule has 0 fully saturated rings. The fourth-order valence-electron chi connectivity index (χ4n) is 3.10. The van der Waals surface area contributed by atoms with Crippen molar-refractivity contribution in [1.82, 2.24) is 0 Å². The van der Waals surface area contributed by atoms with Gasteiger partial charge in [0, 0.05) is 23.2 Å².